The van der Waals surface area contributed by atoms with E-state index in [4.69, 9.17) is 0 Å². The maximum Gasteiger partial charge on any atom is 0.389 e. The van der Waals surface area contributed by atoms with E-state index < -0.39 is 12.6 Å². The van der Waals surface area contributed by atoms with Crippen molar-refractivity contribution in [3.8, 4) is 0 Å². The lowest BCUT2D eigenvalue weighted by atomic mass is 10.1. The summed E-state index contributed by atoms with van der Waals surface area (Å²) in [5.74, 6) is 0. The van der Waals surface area contributed by atoms with E-state index in [1.54, 1.807) is 0 Å². The smallest absolute Gasteiger partial charge is 0.316 e. The predicted octanol–water partition coefficient (Wildman–Crippen LogP) is 2.72. The van der Waals surface area contributed by atoms with Gasteiger partial charge in [0, 0.05) is 13.0 Å². The molecule has 0 saturated heterocycles. The fourth-order valence-corrected chi connectivity index (χ4v) is 1.19. The molecule has 1 N–H and O–H groups in total. The van der Waals surface area contributed by atoms with E-state index in [2.05, 4.69) is 12.2 Å². The third kappa shape index (κ3) is 5.13. The van der Waals surface area contributed by atoms with E-state index in [9.17, 15) is 13.2 Å². The molecule has 0 amide bonds. The lowest BCUT2D eigenvalue weighted by Gasteiger charge is -2.10. The van der Waals surface area contributed by atoms with E-state index in [-0.39, 0.29) is 6.42 Å². The Morgan fingerprint density at radius 3 is 2.38 bits per heavy atom. The number of halogens is 3. The van der Waals surface area contributed by atoms with Crippen LogP contribution in [0.15, 0.2) is 0 Å². The molecule has 0 radical (unpaired) electrons. The van der Waals surface area contributed by atoms with Crippen LogP contribution in [0.3, 0.4) is 0 Å². The van der Waals surface area contributed by atoms with Crippen LogP contribution in [-0.2, 0) is 0 Å². The van der Waals surface area contributed by atoms with Crippen LogP contribution in [0.1, 0.15) is 32.6 Å². The Balaban J connectivity index is 1.90. The van der Waals surface area contributed by atoms with Gasteiger partial charge >= 0.3 is 6.18 Å². The van der Waals surface area contributed by atoms with Crippen molar-refractivity contribution in [2.24, 2.45) is 5.41 Å². The molecule has 0 atom stereocenters. The average molecular weight is 195 g/mol. The molecule has 0 spiro atoms. The Morgan fingerprint density at radius 1 is 1.31 bits per heavy atom. The first-order valence-electron chi connectivity index (χ1n) is 4.69. The van der Waals surface area contributed by atoms with Crippen LogP contribution >= 0.6 is 0 Å². The second-order valence-corrected chi connectivity index (χ2v) is 4.21. The van der Waals surface area contributed by atoms with Gasteiger partial charge in [0.15, 0.2) is 0 Å². The number of hydrogen-bond donors (Lipinski definition) is 1. The van der Waals surface area contributed by atoms with Gasteiger partial charge in [0.05, 0.1) is 0 Å². The molecular weight excluding hydrogens is 179 g/mol. The first-order chi connectivity index (χ1) is 5.91. The fourth-order valence-electron chi connectivity index (χ4n) is 1.19. The Labute approximate surface area is 76.7 Å². The van der Waals surface area contributed by atoms with Gasteiger partial charge in [-0.05, 0) is 31.2 Å². The van der Waals surface area contributed by atoms with Crippen molar-refractivity contribution in [2.45, 2.75) is 38.8 Å². The maximum absolute atomic E-state index is 11.7. The molecule has 0 unspecified atom stereocenters. The van der Waals surface area contributed by atoms with E-state index >= 15 is 0 Å². The SMILES string of the molecule is CC1(CNCCCC(F)(F)F)CC1. The average Bonchev–Trinajstić information content (AvgIpc) is 2.65. The van der Waals surface area contributed by atoms with Crippen LogP contribution in [0.25, 0.3) is 0 Å². The molecule has 0 aromatic heterocycles. The van der Waals surface area contributed by atoms with Crippen molar-refractivity contribution in [1.82, 2.24) is 5.32 Å². The highest BCUT2D eigenvalue weighted by Gasteiger charge is 2.36. The van der Waals surface area contributed by atoms with Gasteiger partial charge < -0.3 is 5.32 Å². The summed E-state index contributed by atoms with van der Waals surface area (Å²) < 4.78 is 35.1. The van der Waals surface area contributed by atoms with Crippen molar-refractivity contribution >= 4 is 0 Å². The Kier molecular flexibility index (Phi) is 3.22. The Morgan fingerprint density at radius 2 is 1.92 bits per heavy atom. The van der Waals surface area contributed by atoms with Crippen molar-refractivity contribution in [1.29, 1.82) is 0 Å². The molecule has 1 aliphatic rings. The van der Waals surface area contributed by atoms with E-state index in [0.29, 0.717) is 12.0 Å². The van der Waals surface area contributed by atoms with Crippen molar-refractivity contribution < 1.29 is 13.2 Å². The minimum absolute atomic E-state index is 0.194. The van der Waals surface area contributed by atoms with Gasteiger partial charge in [-0.15, -0.1) is 0 Å². The van der Waals surface area contributed by atoms with Gasteiger partial charge in [-0.25, -0.2) is 0 Å². The number of nitrogens with one attached hydrogen (secondary N) is 1. The summed E-state index contributed by atoms with van der Waals surface area (Å²) in [5.41, 5.74) is 0.387. The zero-order valence-corrected chi connectivity index (χ0v) is 7.88. The molecule has 0 bridgehead atoms. The number of rotatable bonds is 5. The number of hydrogen-bond acceptors (Lipinski definition) is 1. The van der Waals surface area contributed by atoms with Crippen LogP contribution in [0.2, 0.25) is 0 Å². The van der Waals surface area contributed by atoms with Gasteiger partial charge in [0.25, 0.3) is 0 Å². The topological polar surface area (TPSA) is 12.0 Å². The molecule has 0 aromatic carbocycles. The first kappa shape index (κ1) is 10.8. The predicted molar refractivity (Wildman–Crippen MR) is 45.5 cm³/mol. The van der Waals surface area contributed by atoms with Gasteiger partial charge in [-0.3, -0.25) is 0 Å². The normalized spacial score (nSPS) is 20.3. The molecule has 13 heavy (non-hydrogen) atoms. The van der Waals surface area contributed by atoms with Gasteiger partial charge in [-0.1, -0.05) is 6.92 Å². The lowest BCUT2D eigenvalue weighted by Crippen LogP contribution is -2.24. The highest BCUT2D eigenvalue weighted by atomic mass is 19.4. The molecule has 0 aromatic rings. The zero-order valence-electron chi connectivity index (χ0n) is 7.88. The van der Waals surface area contributed by atoms with Crippen LogP contribution in [0.4, 0.5) is 13.2 Å². The molecular formula is C9H16F3N. The highest BCUT2D eigenvalue weighted by molar-refractivity contribution is 4.90. The van der Waals surface area contributed by atoms with Crippen LogP contribution in [0, 0.1) is 5.41 Å². The van der Waals surface area contributed by atoms with Crippen LogP contribution in [0.5, 0.6) is 0 Å². The maximum atomic E-state index is 11.7. The molecule has 1 nitrogen and oxygen atoms in total. The molecule has 1 fully saturated rings. The van der Waals surface area contributed by atoms with E-state index in [1.165, 1.54) is 12.8 Å². The molecule has 0 aliphatic heterocycles. The van der Waals surface area contributed by atoms with Crippen molar-refractivity contribution in [2.75, 3.05) is 13.1 Å². The summed E-state index contributed by atoms with van der Waals surface area (Å²) >= 11 is 0. The van der Waals surface area contributed by atoms with Crippen molar-refractivity contribution in [3.63, 3.8) is 0 Å². The summed E-state index contributed by atoms with van der Waals surface area (Å²) in [5, 5.41) is 3.06. The molecule has 1 rings (SSSR count). The Hall–Kier alpha value is -0.250. The summed E-state index contributed by atoms with van der Waals surface area (Å²) in [6.45, 7) is 3.50. The van der Waals surface area contributed by atoms with Crippen LogP contribution in [-0.4, -0.2) is 19.3 Å². The zero-order chi connectivity index (χ0) is 9.95. The lowest BCUT2D eigenvalue weighted by molar-refractivity contribution is -0.135. The van der Waals surface area contributed by atoms with E-state index in [1.807, 2.05) is 0 Å². The van der Waals surface area contributed by atoms with Crippen molar-refractivity contribution in [3.05, 3.63) is 0 Å². The highest BCUT2D eigenvalue weighted by Crippen LogP contribution is 2.43. The second kappa shape index (κ2) is 3.86. The van der Waals surface area contributed by atoms with Gasteiger partial charge in [0.1, 0.15) is 0 Å². The molecule has 1 saturated carbocycles. The minimum Gasteiger partial charge on any atom is -0.316 e. The summed E-state index contributed by atoms with van der Waals surface area (Å²) in [6, 6.07) is 0. The molecule has 1 aliphatic carbocycles. The molecule has 78 valence electrons. The summed E-state index contributed by atoms with van der Waals surface area (Å²) in [6.07, 6.45) is -2.06. The minimum atomic E-state index is -3.99. The van der Waals surface area contributed by atoms with Gasteiger partial charge in [-0.2, -0.15) is 13.2 Å². The summed E-state index contributed by atoms with van der Waals surface area (Å²) in [7, 11) is 0. The molecule has 4 heteroatoms. The molecule has 0 heterocycles. The third-order valence-electron chi connectivity index (χ3n) is 2.47. The summed E-state index contributed by atoms with van der Waals surface area (Å²) in [4.78, 5) is 0. The van der Waals surface area contributed by atoms with Gasteiger partial charge in [0.2, 0.25) is 0 Å². The third-order valence-corrected chi connectivity index (χ3v) is 2.47. The van der Waals surface area contributed by atoms with E-state index in [0.717, 1.165) is 6.54 Å². The Bertz CT molecular complexity index is 153. The quantitative estimate of drug-likeness (QED) is 0.665. The second-order valence-electron chi connectivity index (χ2n) is 4.21. The number of alkyl halides is 3. The standard InChI is InChI=1S/C9H16F3N/c1-8(4-5-8)7-13-6-2-3-9(10,11)12/h13H,2-7H2,1H3. The first-order valence-corrected chi connectivity index (χ1v) is 4.69. The largest absolute Gasteiger partial charge is 0.389 e. The fraction of sp³-hybridized carbons (Fsp3) is 1.00. The monoisotopic (exact) mass is 195 g/mol. The van der Waals surface area contributed by atoms with Crippen LogP contribution < -0.4 is 5.32 Å².